The van der Waals surface area contributed by atoms with Gasteiger partial charge in [-0.15, -0.1) is 0 Å². The van der Waals surface area contributed by atoms with Crippen LogP contribution >= 0.6 is 23.2 Å². The minimum Gasteiger partial charge on any atom is -0.366 e. The van der Waals surface area contributed by atoms with Gasteiger partial charge in [0.25, 0.3) is 10.9 Å². The summed E-state index contributed by atoms with van der Waals surface area (Å²) < 4.78 is 0. The van der Waals surface area contributed by atoms with E-state index in [2.05, 4.69) is 43.2 Å². The summed E-state index contributed by atoms with van der Waals surface area (Å²) in [5, 5.41) is 4.54. The largest absolute Gasteiger partial charge is 0.366 e. The molecule has 3 aromatic carbocycles. The summed E-state index contributed by atoms with van der Waals surface area (Å²) in [6.45, 7) is 7.31. The zero-order valence-electron chi connectivity index (χ0n) is 19.3. The van der Waals surface area contributed by atoms with Crippen LogP contribution in [0.2, 0.25) is 10.0 Å². The Labute approximate surface area is 204 Å². The number of rotatable bonds is 8. The third-order valence-electron chi connectivity index (χ3n) is 6.26. The lowest BCUT2D eigenvalue weighted by atomic mass is 9.84. The molecule has 0 saturated heterocycles. The number of fused-ring (bicyclic) bond motifs is 1. The SMILES string of the molecule is CCCN(CCC)c1c(Nc2ccc(C3CN(C)Cc4c(Cl)cc(Cl)cc43)cc2)c(=O)c1=O. The van der Waals surface area contributed by atoms with Crippen molar-refractivity contribution < 1.29 is 0 Å². The van der Waals surface area contributed by atoms with Crippen molar-refractivity contribution in [2.45, 2.75) is 39.2 Å². The van der Waals surface area contributed by atoms with E-state index < -0.39 is 10.9 Å². The molecule has 0 fully saturated rings. The monoisotopic (exact) mass is 485 g/mol. The molecule has 5 nitrogen and oxygen atoms in total. The second-order valence-electron chi connectivity index (χ2n) is 8.82. The van der Waals surface area contributed by atoms with Crippen molar-refractivity contribution in [3.8, 4) is 0 Å². The molecule has 4 rings (SSSR count). The average Bonchev–Trinajstić information content (AvgIpc) is 2.79. The topological polar surface area (TPSA) is 52.6 Å². The van der Waals surface area contributed by atoms with E-state index in [0.29, 0.717) is 21.4 Å². The molecule has 0 spiro atoms. The van der Waals surface area contributed by atoms with E-state index in [0.717, 1.165) is 61.4 Å². The van der Waals surface area contributed by atoms with Gasteiger partial charge in [0.1, 0.15) is 11.4 Å². The molecule has 0 radical (unpaired) electrons. The molecule has 7 heteroatoms. The van der Waals surface area contributed by atoms with Crippen LogP contribution in [0.4, 0.5) is 17.1 Å². The van der Waals surface area contributed by atoms with Crippen molar-refractivity contribution in [2.24, 2.45) is 0 Å². The van der Waals surface area contributed by atoms with Crippen LogP contribution < -0.4 is 21.1 Å². The normalized spacial score (nSPS) is 16.1. The number of halogens is 2. The zero-order chi connectivity index (χ0) is 23.7. The van der Waals surface area contributed by atoms with Gasteiger partial charge < -0.3 is 15.1 Å². The number of benzene rings is 2. The Hall–Kier alpha value is -2.34. The maximum absolute atomic E-state index is 12.3. The van der Waals surface area contributed by atoms with Gasteiger partial charge in [0, 0.05) is 47.8 Å². The molecular formula is C26H29Cl2N3O2. The molecule has 1 aliphatic heterocycles. The van der Waals surface area contributed by atoms with Crippen molar-refractivity contribution in [3.63, 3.8) is 0 Å². The number of anilines is 3. The van der Waals surface area contributed by atoms with Gasteiger partial charge in [-0.1, -0.05) is 49.2 Å². The molecule has 0 aliphatic carbocycles. The molecule has 0 bridgehead atoms. The summed E-state index contributed by atoms with van der Waals surface area (Å²) in [7, 11) is 2.09. The molecule has 0 saturated carbocycles. The Morgan fingerprint density at radius 1 is 1.03 bits per heavy atom. The van der Waals surface area contributed by atoms with Gasteiger partial charge in [0.2, 0.25) is 0 Å². The van der Waals surface area contributed by atoms with E-state index in [1.807, 2.05) is 23.1 Å². The number of hydrogen-bond acceptors (Lipinski definition) is 5. The fourth-order valence-electron chi connectivity index (χ4n) is 4.75. The van der Waals surface area contributed by atoms with Crippen molar-refractivity contribution >= 4 is 40.3 Å². The van der Waals surface area contributed by atoms with Crippen molar-refractivity contribution in [1.29, 1.82) is 0 Å². The Morgan fingerprint density at radius 3 is 2.33 bits per heavy atom. The van der Waals surface area contributed by atoms with Crippen LogP contribution in [0.5, 0.6) is 0 Å². The first kappa shape index (κ1) is 23.8. The second kappa shape index (κ2) is 9.88. The predicted octanol–water partition coefficient (Wildman–Crippen LogP) is 5.54. The maximum Gasteiger partial charge on any atom is 0.253 e. The van der Waals surface area contributed by atoms with Gasteiger partial charge in [-0.25, -0.2) is 0 Å². The second-order valence-corrected chi connectivity index (χ2v) is 9.66. The molecule has 1 heterocycles. The Balaban J connectivity index is 1.60. The molecule has 3 aromatic rings. The summed E-state index contributed by atoms with van der Waals surface area (Å²) in [6.07, 6.45) is 1.83. The van der Waals surface area contributed by atoms with E-state index in [9.17, 15) is 9.59 Å². The lowest BCUT2D eigenvalue weighted by Gasteiger charge is -2.33. The van der Waals surface area contributed by atoms with Crippen LogP contribution in [0.3, 0.4) is 0 Å². The highest BCUT2D eigenvalue weighted by molar-refractivity contribution is 6.35. The molecular weight excluding hydrogens is 457 g/mol. The molecule has 174 valence electrons. The van der Waals surface area contributed by atoms with Gasteiger partial charge >= 0.3 is 0 Å². The average molecular weight is 486 g/mol. The van der Waals surface area contributed by atoms with Crippen molar-refractivity contribution in [2.75, 3.05) is 36.9 Å². The van der Waals surface area contributed by atoms with Crippen LogP contribution in [0, 0.1) is 0 Å². The minimum absolute atomic E-state index is 0.148. The molecule has 1 atom stereocenters. The Bertz CT molecular complexity index is 1210. The van der Waals surface area contributed by atoms with Gasteiger partial charge in [-0.2, -0.15) is 0 Å². The lowest BCUT2D eigenvalue weighted by molar-refractivity contribution is 0.295. The first-order valence-electron chi connectivity index (χ1n) is 11.5. The van der Waals surface area contributed by atoms with Gasteiger partial charge in [0.05, 0.1) is 0 Å². The van der Waals surface area contributed by atoms with Crippen molar-refractivity contribution in [3.05, 3.63) is 83.6 Å². The first-order chi connectivity index (χ1) is 15.8. The standard InChI is InChI=1S/C26H29Cl2N3O2/c1-4-10-31(11-5-2)24-23(25(32)26(24)33)29-18-8-6-16(7-9-18)20-14-30(3)15-21-19(20)12-17(27)13-22(21)28/h6-9,12-13,20,29H,4-5,10-11,14-15H2,1-3H3. The quantitative estimate of drug-likeness (QED) is 0.424. The molecule has 1 unspecified atom stereocenters. The number of nitrogens with zero attached hydrogens (tertiary/aromatic N) is 2. The van der Waals surface area contributed by atoms with E-state index >= 15 is 0 Å². The Kier molecular flexibility index (Phi) is 7.13. The maximum atomic E-state index is 12.3. The number of hydrogen-bond donors (Lipinski definition) is 1. The summed E-state index contributed by atoms with van der Waals surface area (Å²) in [5.41, 5.74) is 4.28. The third-order valence-corrected chi connectivity index (χ3v) is 6.82. The highest BCUT2D eigenvalue weighted by Gasteiger charge is 2.28. The summed E-state index contributed by atoms with van der Waals surface area (Å²) >= 11 is 12.8. The van der Waals surface area contributed by atoms with Gasteiger partial charge in [0.15, 0.2) is 0 Å². The molecule has 0 amide bonds. The van der Waals surface area contributed by atoms with Crippen LogP contribution in [0.25, 0.3) is 0 Å². The summed E-state index contributed by atoms with van der Waals surface area (Å²) in [4.78, 5) is 28.9. The Morgan fingerprint density at radius 2 is 1.70 bits per heavy atom. The van der Waals surface area contributed by atoms with Crippen molar-refractivity contribution in [1.82, 2.24) is 4.90 Å². The van der Waals surface area contributed by atoms with Crippen LogP contribution in [-0.2, 0) is 6.54 Å². The fourth-order valence-corrected chi connectivity index (χ4v) is 5.32. The highest BCUT2D eigenvalue weighted by atomic mass is 35.5. The highest BCUT2D eigenvalue weighted by Crippen LogP contribution is 2.38. The zero-order valence-corrected chi connectivity index (χ0v) is 20.8. The molecule has 1 N–H and O–H groups in total. The van der Waals surface area contributed by atoms with Crippen LogP contribution in [0.1, 0.15) is 49.3 Å². The van der Waals surface area contributed by atoms with E-state index in [-0.39, 0.29) is 5.92 Å². The van der Waals surface area contributed by atoms with Crippen LogP contribution in [-0.4, -0.2) is 31.6 Å². The minimum atomic E-state index is -0.446. The van der Waals surface area contributed by atoms with Gasteiger partial charge in [-0.05, 0) is 60.8 Å². The summed E-state index contributed by atoms with van der Waals surface area (Å²) in [5.74, 6) is 0.148. The van der Waals surface area contributed by atoms with Gasteiger partial charge in [-0.3, -0.25) is 9.59 Å². The number of likely N-dealkylation sites (N-methyl/N-ethyl adjacent to an activating group) is 1. The third kappa shape index (κ3) is 4.68. The van der Waals surface area contributed by atoms with E-state index in [4.69, 9.17) is 23.2 Å². The first-order valence-corrected chi connectivity index (χ1v) is 12.2. The smallest absolute Gasteiger partial charge is 0.253 e. The number of nitrogens with one attached hydrogen (secondary N) is 1. The molecule has 1 aliphatic rings. The summed E-state index contributed by atoms with van der Waals surface area (Å²) in [6, 6.07) is 11.9. The molecule has 0 aromatic heterocycles. The van der Waals surface area contributed by atoms with E-state index in [1.165, 1.54) is 0 Å². The van der Waals surface area contributed by atoms with Crippen LogP contribution in [0.15, 0.2) is 46.0 Å². The predicted molar refractivity (Wildman–Crippen MR) is 139 cm³/mol. The van der Waals surface area contributed by atoms with E-state index in [1.54, 1.807) is 6.07 Å². The molecule has 33 heavy (non-hydrogen) atoms. The lowest BCUT2D eigenvalue weighted by Crippen LogP contribution is -2.42. The fraction of sp³-hybridized carbons (Fsp3) is 0.385.